The molecule has 2 aliphatic heterocycles. The zero-order valence-corrected chi connectivity index (χ0v) is 12.5. The molecule has 1 unspecified atom stereocenters. The van der Waals surface area contributed by atoms with Crippen molar-refractivity contribution < 1.29 is 14.0 Å². The average molecular weight is 304 g/mol. The Balaban J connectivity index is 1.75. The first-order chi connectivity index (χ1) is 10.6. The molecule has 0 aliphatic carbocycles. The molecule has 1 aromatic rings. The monoisotopic (exact) mass is 304 g/mol. The molecular weight excluding hydrogens is 283 g/mol. The fraction of sp³-hybridized carbons (Fsp3) is 0.529. The highest BCUT2D eigenvalue weighted by Crippen LogP contribution is 2.30. The van der Waals surface area contributed by atoms with Crippen LogP contribution >= 0.6 is 0 Å². The van der Waals surface area contributed by atoms with E-state index in [9.17, 15) is 14.0 Å². The molecule has 2 heterocycles. The number of benzene rings is 1. The molecule has 22 heavy (non-hydrogen) atoms. The molecule has 0 saturated carbocycles. The van der Waals surface area contributed by atoms with Crippen molar-refractivity contribution in [3.8, 4) is 0 Å². The summed E-state index contributed by atoms with van der Waals surface area (Å²) >= 11 is 0. The summed E-state index contributed by atoms with van der Waals surface area (Å²) in [7, 11) is 0. The van der Waals surface area contributed by atoms with Gasteiger partial charge in [0.25, 0.3) is 0 Å². The second kappa shape index (κ2) is 6.16. The molecule has 2 amide bonds. The molecule has 0 radical (unpaired) electrons. The zero-order valence-electron chi connectivity index (χ0n) is 12.5. The van der Waals surface area contributed by atoms with Crippen LogP contribution in [0.25, 0.3) is 0 Å². The van der Waals surface area contributed by atoms with Crippen LogP contribution in [-0.2, 0) is 16.0 Å². The van der Waals surface area contributed by atoms with Gasteiger partial charge in [-0.2, -0.15) is 0 Å². The summed E-state index contributed by atoms with van der Waals surface area (Å²) in [6, 6.07) is 7.60. The quantitative estimate of drug-likeness (QED) is 0.838. The number of piperidine rings is 2. The minimum Gasteiger partial charge on any atom is -0.316 e. The Morgan fingerprint density at radius 3 is 2.73 bits per heavy atom. The van der Waals surface area contributed by atoms with Crippen LogP contribution < -0.4 is 10.6 Å². The molecule has 118 valence electrons. The van der Waals surface area contributed by atoms with E-state index in [1.807, 2.05) is 24.3 Å². The highest BCUT2D eigenvalue weighted by atomic mass is 19.1. The van der Waals surface area contributed by atoms with Gasteiger partial charge in [-0.05, 0) is 43.5 Å². The van der Waals surface area contributed by atoms with Crippen molar-refractivity contribution >= 4 is 11.8 Å². The fourth-order valence-electron chi connectivity index (χ4n) is 3.35. The van der Waals surface area contributed by atoms with Gasteiger partial charge in [0.2, 0.25) is 11.8 Å². The van der Waals surface area contributed by atoms with Crippen molar-refractivity contribution in [1.82, 2.24) is 10.6 Å². The predicted octanol–water partition coefficient (Wildman–Crippen LogP) is 1.84. The Morgan fingerprint density at radius 1 is 1.23 bits per heavy atom. The van der Waals surface area contributed by atoms with E-state index in [4.69, 9.17) is 0 Å². The standard InChI is InChI=1S/C17H21FN2O2/c18-17(6-8-19-9-7-17)11-12-2-1-3-13(10-12)14-4-5-15(21)20-16(14)22/h1-3,10,14,19H,4-9,11H2,(H,20,21,22). The lowest BCUT2D eigenvalue weighted by atomic mass is 9.85. The lowest BCUT2D eigenvalue weighted by Crippen LogP contribution is -2.40. The second-order valence-electron chi connectivity index (χ2n) is 6.33. The number of rotatable bonds is 3. The number of carbonyl (C=O) groups is 2. The van der Waals surface area contributed by atoms with Crippen molar-refractivity contribution in [1.29, 1.82) is 0 Å². The average Bonchev–Trinajstić information content (AvgIpc) is 2.47. The number of carbonyl (C=O) groups excluding carboxylic acids is 2. The SMILES string of the molecule is O=C1CCC(c2cccc(CC3(F)CCNCC3)c2)C(=O)N1. The van der Waals surface area contributed by atoms with Crippen LogP contribution in [0.3, 0.4) is 0 Å². The van der Waals surface area contributed by atoms with Crippen LogP contribution in [0.15, 0.2) is 24.3 Å². The number of halogens is 1. The lowest BCUT2D eigenvalue weighted by Gasteiger charge is -2.30. The summed E-state index contributed by atoms with van der Waals surface area (Å²) in [4.78, 5) is 23.2. The van der Waals surface area contributed by atoms with Gasteiger partial charge in [0.1, 0.15) is 5.67 Å². The van der Waals surface area contributed by atoms with E-state index in [1.54, 1.807) is 0 Å². The van der Waals surface area contributed by atoms with Crippen molar-refractivity contribution in [2.24, 2.45) is 0 Å². The third-order valence-corrected chi connectivity index (χ3v) is 4.61. The maximum atomic E-state index is 14.8. The van der Waals surface area contributed by atoms with Gasteiger partial charge in [-0.25, -0.2) is 4.39 Å². The highest BCUT2D eigenvalue weighted by Gasteiger charge is 2.32. The normalized spacial score (nSPS) is 24.9. The van der Waals surface area contributed by atoms with Crippen LogP contribution in [0.5, 0.6) is 0 Å². The highest BCUT2D eigenvalue weighted by molar-refractivity contribution is 6.00. The molecule has 0 aromatic heterocycles. The smallest absolute Gasteiger partial charge is 0.234 e. The Kier molecular flexibility index (Phi) is 4.25. The van der Waals surface area contributed by atoms with Crippen LogP contribution in [0.4, 0.5) is 4.39 Å². The molecule has 2 fully saturated rings. The number of alkyl halides is 1. The van der Waals surface area contributed by atoms with E-state index in [0.717, 1.165) is 11.1 Å². The zero-order chi connectivity index (χ0) is 15.6. The molecule has 1 atom stereocenters. The summed E-state index contributed by atoms with van der Waals surface area (Å²) in [6.07, 6.45) is 2.32. The molecule has 0 bridgehead atoms. The van der Waals surface area contributed by atoms with Crippen molar-refractivity contribution in [3.05, 3.63) is 35.4 Å². The summed E-state index contributed by atoms with van der Waals surface area (Å²) in [5, 5.41) is 5.55. The first kappa shape index (κ1) is 15.2. The van der Waals surface area contributed by atoms with Crippen LogP contribution in [0.2, 0.25) is 0 Å². The van der Waals surface area contributed by atoms with Gasteiger partial charge in [0, 0.05) is 12.8 Å². The fourth-order valence-corrected chi connectivity index (χ4v) is 3.35. The first-order valence-corrected chi connectivity index (χ1v) is 7.88. The molecule has 2 aliphatic rings. The molecule has 2 N–H and O–H groups in total. The Morgan fingerprint density at radius 2 is 2.00 bits per heavy atom. The summed E-state index contributed by atoms with van der Waals surface area (Å²) in [5.41, 5.74) is 0.640. The van der Waals surface area contributed by atoms with Crippen molar-refractivity contribution in [2.75, 3.05) is 13.1 Å². The maximum Gasteiger partial charge on any atom is 0.234 e. The van der Waals surface area contributed by atoms with Gasteiger partial charge in [0.05, 0.1) is 5.92 Å². The molecule has 5 heteroatoms. The van der Waals surface area contributed by atoms with E-state index in [-0.39, 0.29) is 17.7 Å². The summed E-state index contributed by atoms with van der Waals surface area (Å²) < 4.78 is 14.8. The molecule has 1 aromatic carbocycles. The van der Waals surface area contributed by atoms with Crippen LogP contribution in [-0.4, -0.2) is 30.6 Å². The number of amides is 2. The molecule has 4 nitrogen and oxygen atoms in total. The predicted molar refractivity (Wildman–Crippen MR) is 81.2 cm³/mol. The molecule has 0 spiro atoms. The van der Waals surface area contributed by atoms with E-state index in [0.29, 0.717) is 45.2 Å². The van der Waals surface area contributed by atoms with Crippen molar-refractivity contribution in [3.63, 3.8) is 0 Å². The van der Waals surface area contributed by atoms with E-state index >= 15 is 0 Å². The van der Waals surface area contributed by atoms with Crippen LogP contribution in [0.1, 0.15) is 42.7 Å². The van der Waals surface area contributed by atoms with Crippen LogP contribution in [0, 0.1) is 0 Å². The maximum absolute atomic E-state index is 14.8. The third kappa shape index (κ3) is 3.35. The number of nitrogens with one attached hydrogen (secondary N) is 2. The molecule has 3 rings (SSSR count). The molecule has 2 saturated heterocycles. The van der Waals surface area contributed by atoms with E-state index in [2.05, 4.69) is 10.6 Å². The number of hydrogen-bond acceptors (Lipinski definition) is 3. The molecular formula is C17H21FN2O2. The van der Waals surface area contributed by atoms with E-state index in [1.165, 1.54) is 0 Å². The largest absolute Gasteiger partial charge is 0.316 e. The first-order valence-electron chi connectivity index (χ1n) is 7.88. The van der Waals surface area contributed by atoms with Gasteiger partial charge in [-0.3, -0.25) is 14.9 Å². The van der Waals surface area contributed by atoms with E-state index < -0.39 is 5.67 Å². The second-order valence-corrected chi connectivity index (χ2v) is 6.33. The van der Waals surface area contributed by atoms with Gasteiger partial charge in [-0.1, -0.05) is 24.3 Å². The van der Waals surface area contributed by atoms with Gasteiger partial charge in [0.15, 0.2) is 0 Å². The Labute approximate surface area is 129 Å². The van der Waals surface area contributed by atoms with Crippen molar-refractivity contribution in [2.45, 2.75) is 43.7 Å². The van der Waals surface area contributed by atoms with Gasteiger partial charge >= 0.3 is 0 Å². The Hall–Kier alpha value is -1.75. The lowest BCUT2D eigenvalue weighted by molar-refractivity contribution is -0.134. The topological polar surface area (TPSA) is 58.2 Å². The minimum atomic E-state index is -1.16. The third-order valence-electron chi connectivity index (χ3n) is 4.61. The number of imide groups is 1. The summed E-state index contributed by atoms with van der Waals surface area (Å²) in [6.45, 7) is 1.42. The minimum absolute atomic E-state index is 0.213. The summed E-state index contributed by atoms with van der Waals surface area (Å²) in [5.74, 6) is -0.763. The van der Waals surface area contributed by atoms with Gasteiger partial charge in [-0.15, -0.1) is 0 Å². The Bertz CT molecular complexity index is 582. The number of hydrogen-bond donors (Lipinski definition) is 2. The van der Waals surface area contributed by atoms with Gasteiger partial charge < -0.3 is 5.32 Å².